The number of rotatable bonds is 7. The van der Waals surface area contributed by atoms with Gasteiger partial charge in [0, 0.05) is 116 Å². The molecule has 0 aliphatic heterocycles. The molecule has 0 N–H and O–H groups in total. The van der Waals surface area contributed by atoms with E-state index in [1.165, 1.54) is 76.3 Å². The van der Waals surface area contributed by atoms with Gasteiger partial charge in [-0.25, -0.2) is 0 Å². The fourth-order valence-electron chi connectivity index (χ4n) is 13.5. The van der Waals surface area contributed by atoms with Crippen LogP contribution in [-0.2, 0) is 0 Å². The molecule has 0 spiro atoms. The lowest BCUT2D eigenvalue weighted by Crippen LogP contribution is -2.09. The van der Waals surface area contributed by atoms with Crippen molar-refractivity contribution in [2.75, 3.05) is 9.80 Å². The predicted molar refractivity (Wildman–Crippen MR) is 325 cm³/mol. The standard InChI is InChI=1S/C72H42N4O2/c1-4-16-43(17-5-1)68-69-59-27-15-25-57-50-34-30-46(73(44-18-6-2-7-19-44)48-32-36-54-52-22-10-12-28-64(52)77-66(54)40-48)38-61(50)75(71(57)59)63(69)42-60-58-26-14-24-56-51-35-31-47(39-62(51)76(70(56)58)72(60)68)74(45-20-8-3-9-21-45)49-33-37-55-53-23-11-13-29-65(53)78-67(55)41-49/h1-42H. The lowest BCUT2D eigenvalue weighted by atomic mass is 9.95. The maximum Gasteiger partial charge on any atom is 0.137 e. The van der Waals surface area contributed by atoms with E-state index in [0.29, 0.717) is 0 Å². The summed E-state index contributed by atoms with van der Waals surface area (Å²) in [5.74, 6) is 0. The van der Waals surface area contributed by atoms with Crippen molar-refractivity contribution in [3.63, 3.8) is 0 Å². The SMILES string of the molecule is c1ccc(-c2c3c4cccc5c6ccc(N(c7ccccc7)c7ccc8c(c7)oc7ccccc78)cc6n(c3cc3c6cccc7c8ccc(N(c9ccccc9)c9ccc%10c(c9)oc9ccccc9%10)cc8n(c23)c76)c54)cc1. The van der Waals surface area contributed by atoms with E-state index < -0.39 is 0 Å². The molecule has 18 aromatic rings. The average Bonchev–Trinajstić information content (AvgIpc) is 3.64. The van der Waals surface area contributed by atoms with Crippen molar-refractivity contribution in [1.29, 1.82) is 0 Å². The normalized spacial score (nSPS) is 12.4. The molecule has 6 heteroatoms. The van der Waals surface area contributed by atoms with Crippen molar-refractivity contribution in [2.45, 2.75) is 0 Å². The number of nitrogens with zero attached hydrogens (tertiary/aromatic N) is 4. The highest BCUT2D eigenvalue weighted by atomic mass is 16.3. The van der Waals surface area contributed by atoms with E-state index in [1.54, 1.807) is 0 Å². The summed E-state index contributed by atoms with van der Waals surface area (Å²) in [5, 5.41) is 14.3. The molecular weight excluding hydrogens is 953 g/mol. The molecule has 0 unspecified atom stereocenters. The number of para-hydroxylation sites is 6. The Morgan fingerprint density at radius 2 is 0.654 bits per heavy atom. The molecule has 0 saturated heterocycles. The fraction of sp³-hybridized carbons (Fsp3) is 0. The Morgan fingerprint density at radius 1 is 0.244 bits per heavy atom. The second kappa shape index (κ2) is 15.5. The molecule has 78 heavy (non-hydrogen) atoms. The molecule has 0 radical (unpaired) electrons. The summed E-state index contributed by atoms with van der Waals surface area (Å²) in [6.07, 6.45) is 0. The number of hydrogen-bond acceptors (Lipinski definition) is 4. The Balaban J connectivity index is 0.909. The first-order valence-electron chi connectivity index (χ1n) is 26.7. The van der Waals surface area contributed by atoms with E-state index in [-0.39, 0.29) is 0 Å². The largest absolute Gasteiger partial charge is 0.456 e. The van der Waals surface area contributed by atoms with Crippen LogP contribution in [0.25, 0.3) is 131 Å². The number of fused-ring (bicyclic) bond motifs is 18. The van der Waals surface area contributed by atoms with Gasteiger partial charge in [-0.1, -0.05) is 152 Å². The van der Waals surface area contributed by atoms with Gasteiger partial charge in [0.15, 0.2) is 0 Å². The Hall–Kier alpha value is -10.6. The van der Waals surface area contributed by atoms with Crippen LogP contribution in [0.5, 0.6) is 0 Å². The Bertz CT molecular complexity index is 5450. The van der Waals surface area contributed by atoms with E-state index >= 15 is 0 Å². The van der Waals surface area contributed by atoms with Crippen molar-refractivity contribution in [3.05, 3.63) is 255 Å². The van der Waals surface area contributed by atoms with E-state index in [0.717, 1.165) is 89.0 Å². The first-order valence-corrected chi connectivity index (χ1v) is 26.7. The van der Waals surface area contributed by atoms with Gasteiger partial charge in [0.2, 0.25) is 0 Å². The smallest absolute Gasteiger partial charge is 0.137 e. The minimum atomic E-state index is 0.862. The molecule has 6 aromatic heterocycles. The first kappa shape index (κ1) is 41.8. The molecular formula is C72H42N4O2. The molecule has 0 saturated carbocycles. The van der Waals surface area contributed by atoms with Crippen LogP contribution in [0.4, 0.5) is 34.1 Å². The van der Waals surface area contributed by atoms with Gasteiger partial charge in [0.05, 0.1) is 33.1 Å². The zero-order valence-corrected chi connectivity index (χ0v) is 41.9. The highest BCUT2D eigenvalue weighted by Crippen LogP contribution is 2.51. The fourth-order valence-corrected chi connectivity index (χ4v) is 13.5. The van der Waals surface area contributed by atoms with Gasteiger partial charge >= 0.3 is 0 Å². The first-order chi connectivity index (χ1) is 38.7. The third-order valence-corrected chi connectivity index (χ3v) is 16.7. The average molecular weight is 995 g/mol. The lowest BCUT2D eigenvalue weighted by molar-refractivity contribution is 0.668. The van der Waals surface area contributed by atoms with Crippen LogP contribution >= 0.6 is 0 Å². The second-order valence-electron chi connectivity index (χ2n) is 20.8. The molecule has 0 aliphatic carbocycles. The summed E-state index contributed by atoms with van der Waals surface area (Å²) in [7, 11) is 0. The highest BCUT2D eigenvalue weighted by molar-refractivity contribution is 6.34. The van der Waals surface area contributed by atoms with E-state index in [9.17, 15) is 0 Å². The third kappa shape index (κ3) is 5.64. The van der Waals surface area contributed by atoms with E-state index in [1.807, 2.05) is 24.3 Å². The Morgan fingerprint density at radius 3 is 1.21 bits per heavy atom. The molecule has 362 valence electrons. The zero-order chi connectivity index (χ0) is 50.7. The van der Waals surface area contributed by atoms with Gasteiger partial charge in [-0.3, -0.25) is 0 Å². The summed E-state index contributed by atoms with van der Waals surface area (Å²) in [6.45, 7) is 0. The van der Waals surface area contributed by atoms with Crippen molar-refractivity contribution in [3.8, 4) is 11.1 Å². The molecule has 12 aromatic carbocycles. The molecule has 0 atom stereocenters. The van der Waals surface area contributed by atoms with E-state index in [4.69, 9.17) is 8.83 Å². The summed E-state index contributed by atoms with van der Waals surface area (Å²) in [6, 6.07) is 92.5. The topological polar surface area (TPSA) is 41.6 Å². The summed E-state index contributed by atoms with van der Waals surface area (Å²) in [4.78, 5) is 4.72. The quantitative estimate of drug-likeness (QED) is 0.160. The molecule has 0 aliphatic rings. The van der Waals surface area contributed by atoms with Crippen LogP contribution in [0, 0.1) is 0 Å². The van der Waals surface area contributed by atoms with Crippen molar-refractivity contribution < 1.29 is 8.83 Å². The minimum Gasteiger partial charge on any atom is -0.456 e. The maximum absolute atomic E-state index is 6.50. The van der Waals surface area contributed by atoms with Crippen LogP contribution in [0.3, 0.4) is 0 Å². The van der Waals surface area contributed by atoms with Gasteiger partial charge in [-0.15, -0.1) is 0 Å². The van der Waals surface area contributed by atoms with Gasteiger partial charge in [-0.05, 0) is 96.6 Å². The van der Waals surface area contributed by atoms with Gasteiger partial charge in [0.25, 0.3) is 0 Å². The van der Waals surface area contributed by atoms with Crippen LogP contribution in [-0.4, -0.2) is 8.80 Å². The zero-order valence-electron chi connectivity index (χ0n) is 41.9. The van der Waals surface area contributed by atoms with Crippen molar-refractivity contribution in [1.82, 2.24) is 8.80 Å². The molecule has 0 bridgehead atoms. The van der Waals surface area contributed by atoms with Crippen LogP contribution in [0.1, 0.15) is 0 Å². The maximum atomic E-state index is 6.50. The number of hydrogen-bond donors (Lipinski definition) is 0. The third-order valence-electron chi connectivity index (χ3n) is 16.7. The molecule has 6 nitrogen and oxygen atoms in total. The van der Waals surface area contributed by atoms with Crippen LogP contribution < -0.4 is 9.80 Å². The molecule has 6 heterocycles. The van der Waals surface area contributed by atoms with Crippen LogP contribution in [0.15, 0.2) is 264 Å². The van der Waals surface area contributed by atoms with Crippen LogP contribution in [0.2, 0.25) is 0 Å². The number of aromatic nitrogens is 2. The lowest BCUT2D eigenvalue weighted by Gasteiger charge is -2.25. The summed E-state index contributed by atoms with van der Waals surface area (Å²) in [5.41, 5.74) is 19.4. The van der Waals surface area contributed by atoms with Crippen molar-refractivity contribution in [2.24, 2.45) is 0 Å². The van der Waals surface area contributed by atoms with Gasteiger partial charge < -0.3 is 27.4 Å². The van der Waals surface area contributed by atoms with Gasteiger partial charge in [-0.2, -0.15) is 0 Å². The molecule has 18 rings (SSSR count). The van der Waals surface area contributed by atoms with Crippen molar-refractivity contribution >= 4 is 154 Å². The monoisotopic (exact) mass is 994 g/mol. The number of anilines is 6. The van der Waals surface area contributed by atoms with Gasteiger partial charge in [0.1, 0.15) is 22.3 Å². The summed E-state index contributed by atoms with van der Waals surface area (Å²) < 4.78 is 18.1. The van der Waals surface area contributed by atoms with E-state index in [2.05, 4.69) is 249 Å². The Labute approximate surface area is 445 Å². The molecule has 0 amide bonds. The predicted octanol–water partition coefficient (Wildman–Crippen LogP) is 20.4. The highest BCUT2D eigenvalue weighted by Gasteiger charge is 2.28. The molecule has 0 fully saturated rings. The number of furan rings is 2. The minimum absolute atomic E-state index is 0.862. The summed E-state index contributed by atoms with van der Waals surface area (Å²) >= 11 is 0. The second-order valence-corrected chi connectivity index (χ2v) is 20.8. The number of benzene rings is 12. The Kier molecular flexibility index (Phi) is 8.30.